The number of nitrogens with zero attached hydrogens (tertiary/aromatic N) is 2. The third-order valence-electron chi connectivity index (χ3n) is 4.90. The second-order valence-electron chi connectivity index (χ2n) is 7.67. The van der Waals surface area contributed by atoms with Crippen LogP contribution >= 0.6 is 45.2 Å². The van der Waals surface area contributed by atoms with Gasteiger partial charge in [-0.3, -0.25) is 0 Å². The molecular formula is C28H29FI2N2O4. The zero-order valence-corrected chi connectivity index (χ0v) is 25.4. The highest BCUT2D eigenvalue weighted by Gasteiger charge is 2.01. The molecule has 0 fully saturated rings. The van der Waals surface area contributed by atoms with Crippen LogP contribution in [-0.2, 0) is 13.2 Å². The van der Waals surface area contributed by atoms with Crippen molar-refractivity contribution in [3.63, 3.8) is 0 Å². The predicted octanol–water partition coefficient (Wildman–Crippen LogP) is 6.90. The zero-order chi connectivity index (χ0) is 27.2. The molecule has 0 spiro atoms. The van der Waals surface area contributed by atoms with Crippen LogP contribution in [0.2, 0.25) is 0 Å². The van der Waals surface area contributed by atoms with E-state index >= 15 is 0 Å². The summed E-state index contributed by atoms with van der Waals surface area (Å²) in [7, 11) is 3.28. The maximum Gasteiger partial charge on any atom is 0.214 e. The van der Waals surface area contributed by atoms with E-state index < -0.39 is 5.95 Å². The zero-order valence-electron chi connectivity index (χ0n) is 21.0. The van der Waals surface area contributed by atoms with Crippen molar-refractivity contribution in [1.82, 2.24) is 9.97 Å². The van der Waals surface area contributed by atoms with Gasteiger partial charge in [0.25, 0.3) is 0 Å². The number of aryl methyl sites for hydroxylation is 2. The monoisotopic (exact) mass is 730 g/mol. The number of hydrogen-bond acceptors (Lipinski definition) is 6. The summed E-state index contributed by atoms with van der Waals surface area (Å²) in [6.07, 6.45) is 3.35. The van der Waals surface area contributed by atoms with Gasteiger partial charge in [-0.05, 0) is 106 Å². The van der Waals surface area contributed by atoms with Gasteiger partial charge >= 0.3 is 0 Å². The number of ether oxygens (including phenoxy) is 3. The summed E-state index contributed by atoms with van der Waals surface area (Å²) in [5.74, 6) is 1.91. The van der Waals surface area contributed by atoms with E-state index in [2.05, 4.69) is 55.1 Å². The van der Waals surface area contributed by atoms with Crippen molar-refractivity contribution in [2.45, 2.75) is 27.1 Å². The Kier molecular flexibility index (Phi) is 13.6. The van der Waals surface area contributed by atoms with Crippen molar-refractivity contribution in [2.75, 3.05) is 14.2 Å². The number of aromatic nitrogens is 2. The summed E-state index contributed by atoms with van der Waals surface area (Å²) in [6, 6.07) is 18.5. The molecule has 37 heavy (non-hydrogen) atoms. The normalized spacial score (nSPS) is 9.84. The Labute approximate surface area is 244 Å². The maximum atomic E-state index is 12.2. The van der Waals surface area contributed by atoms with Gasteiger partial charge in [0.1, 0.15) is 18.1 Å². The molecule has 0 radical (unpaired) electrons. The van der Waals surface area contributed by atoms with Gasteiger partial charge in [-0.2, -0.15) is 4.39 Å². The molecule has 2 heterocycles. The van der Waals surface area contributed by atoms with E-state index in [9.17, 15) is 4.39 Å². The van der Waals surface area contributed by atoms with Gasteiger partial charge in [0.15, 0.2) is 0 Å². The van der Waals surface area contributed by atoms with Crippen LogP contribution in [0, 0.1) is 26.9 Å². The highest BCUT2D eigenvalue weighted by molar-refractivity contribution is 14.1. The van der Waals surface area contributed by atoms with Crippen molar-refractivity contribution >= 4 is 45.2 Å². The number of hydrogen-bond donors (Lipinski definition) is 1. The van der Waals surface area contributed by atoms with Crippen LogP contribution in [0.5, 0.6) is 17.4 Å². The lowest BCUT2D eigenvalue weighted by Crippen LogP contribution is -1.98. The lowest BCUT2D eigenvalue weighted by atomic mass is 10.2. The molecule has 0 aliphatic carbocycles. The molecule has 0 bridgehead atoms. The Morgan fingerprint density at radius 3 is 1.68 bits per heavy atom. The lowest BCUT2D eigenvalue weighted by Gasteiger charge is -2.07. The number of aliphatic hydroxyl groups excluding tert-OH is 1. The fraction of sp³-hybridized carbons (Fsp3) is 0.214. The number of pyridine rings is 2. The third-order valence-corrected chi connectivity index (χ3v) is 7.23. The fourth-order valence-corrected chi connectivity index (χ4v) is 3.45. The van der Waals surface area contributed by atoms with Crippen LogP contribution in [0.15, 0.2) is 73.1 Å². The first kappa shape index (κ1) is 30.7. The Balaban J connectivity index is 0.000000214. The van der Waals surface area contributed by atoms with Crippen LogP contribution in [0.3, 0.4) is 0 Å². The summed E-state index contributed by atoms with van der Waals surface area (Å²) >= 11 is 4.35. The predicted molar refractivity (Wildman–Crippen MR) is 160 cm³/mol. The molecule has 0 aliphatic heterocycles. The number of halogens is 3. The van der Waals surface area contributed by atoms with Gasteiger partial charge in [0, 0.05) is 31.7 Å². The summed E-state index contributed by atoms with van der Waals surface area (Å²) in [6.45, 7) is 4.52. The van der Waals surface area contributed by atoms with Crippen LogP contribution < -0.4 is 14.2 Å². The smallest absolute Gasteiger partial charge is 0.214 e. The Hall–Kier alpha value is -2.51. The standard InChI is InChI=1S/C14H14INO2.C8H10O2.C6H5FIN/c1-10-8-16-14(7-13(10)15)18-9-11-3-5-12(17-2)6-4-11;1-10-8-4-2-7(6-9)3-5-8;1-4-3-9-6(7)2-5(4)8/h3-8H,9H2,1-2H3;2-5,9H,6H2,1H3;2-3H,1H3. The summed E-state index contributed by atoms with van der Waals surface area (Å²) in [5, 5.41) is 8.66. The Morgan fingerprint density at radius 2 is 1.24 bits per heavy atom. The molecule has 0 unspecified atom stereocenters. The molecule has 0 saturated carbocycles. The van der Waals surface area contributed by atoms with E-state index in [-0.39, 0.29) is 6.61 Å². The minimum absolute atomic E-state index is 0.0873. The van der Waals surface area contributed by atoms with Crippen molar-refractivity contribution in [3.05, 3.63) is 108 Å². The number of methoxy groups -OCH3 is 2. The number of benzene rings is 2. The molecule has 4 rings (SSSR count). The van der Waals surface area contributed by atoms with E-state index in [1.54, 1.807) is 14.2 Å². The molecule has 0 aliphatic rings. The maximum absolute atomic E-state index is 12.2. The average molecular weight is 730 g/mol. The number of rotatable bonds is 6. The quantitative estimate of drug-likeness (QED) is 0.172. The van der Waals surface area contributed by atoms with E-state index in [4.69, 9.17) is 19.3 Å². The van der Waals surface area contributed by atoms with Crippen molar-refractivity contribution in [3.8, 4) is 17.4 Å². The molecule has 0 atom stereocenters. The Bertz CT molecular complexity index is 1220. The minimum Gasteiger partial charge on any atom is -0.497 e. The van der Waals surface area contributed by atoms with Crippen LogP contribution in [0.1, 0.15) is 22.3 Å². The van der Waals surface area contributed by atoms with Crippen molar-refractivity contribution < 1.29 is 23.7 Å². The molecule has 6 nitrogen and oxygen atoms in total. The van der Waals surface area contributed by atoms with E-state index in [1.165, 1.54) is 12.3 Å². The van der Waals surface area contributed by atoms with Gasteiger partial charge in [0.05, 0.1) is 20.8 Å². The van der Waals surface area contributed by atoms with Gasteiger partial charge in [-0.25, -0.2) is 9.97 Å². The number of aliphatic hydroxyl groups is 1. The highest BCUT2D eigenvalue weighted by Crippen LogP contribution is 2.18. The molecular weight excluding hydrogens is 701 g/mol. The molecule has 196 valence electrons. The van der Waals surface area contributed by atoms with Crippen molar-refractivity contribution in [2.24, 2.45) is 0 Å². The topological polar surface area (TPSA) is 73.7 Å². The summed E-state index contributed by atoms with van der Waals surface area (Å²) < 4.78 is 30.0. The van der Waals surface area contributed by atoms with E-state index in [0.717, 1.165) is 40.9 Å². The average Bonchev–Trinajstić information content (AvgIpc) is 2.92. The molecule has 0 saturated heterocycles. The van der Waals surface area contributed by atoms with E-state index in [0.29, 0.717) is 12.5 Å². The molecule has 4 aromatic rings. The SMILES string of the molecule is COc1ccc(CO)cc1.COc1ccc(COc2cc(I)c(C)cn2)cc1.Cc1cnc(F)cc1I. The van der Waals surface area contributed by atoms with Crippen LogP contribution in [0.25, 0.3) is 0 Å². The highest BCUT2D eigenvalue weighted by atomic mass is 127. The first-order valence-electron chi connectivity index (χ1n) is 11.1. The van der Waals surface area contributed by atoms with Gasteiger partial charge in [0.2, 0.25) is 11.8 Å². The summed E-state index contributed by atoms with van der Waals surface area (Å²) in [4.78, 5) is 7.70. The largest absolute Gasteiger partial charge is 0.497 e. The first-order valence-corrected chi connectivity index (χ1v) is 13.3. The first-order chi connectivity index (χ1) is 17.7. The fourth-order valence-electron chi connectivity index (χ4n) is 2.65. The van der Waals surface area contributed by atoms with Crippen LogP contribution in [0.4, 0.5) is 4.39 Å². The van der Waals surface area contributed by atoms with Crippen molar-refractivity contribution in [1.29, 1.82) is 0 Å². The van der Waals surface area contributed by atoms with Crippen LogP contribution in [-0.4, -0.2) is 29.3 Å². The minimum atomic E-state index is -0.412. The van der Waals surface area contributed by atoms with Gasteiger partial charge < -0.3 is 19.3 Å². The lowest BCUT2D eigenvalue weighted by molar-refractivity contribution is 0.281. The van der Waals surface area contributed by atoms with E-state index in [1.807, 2.05) is 74.6 Å². The molecule has 1 N–H and O–H groups in total. The summed E-state index contributed by atoms with van der Waals surface area (Å²) in [5.41, 5.74) is 4.17. The van der Waals surface area contributed by atoms with Gasteiger partial charge in [-0.1, -0.05) is 24.3 Å². The molecule has 2 aromatic heterocycles. The second kappa shape index (κ2) is 16.4. The van der Waals surface area contributed by atoms with Gasteiger partial charge in [-0.15, -0.1) is 0 Å². The molecule has 2 aromatic carbocycles. The Morgan fingerprint density at radius 1 is 0.757 bits per heavy atom. The second-order valence-corrected chi connectivity index (χ2v) is 10.00. The third kappa shape index (κ3) is 11.2. The molecule has 9 heteroatoms. The molecule has 0 amide bonds.